The molecule has 1 aliphatic heterocycles. The molecule has 1 N–H and O–H groups in total. The number of nitrogens with zero attached hydrogens (tertiary/aromatic N) is 1. The summed E-state index contributed by atoms with van der Waals surface area (Å²) in [5.41, 5.74) is 2.35. The van der Waals surface area contributed by atoms with E-state index in [1.165, 1.54) is 26.7 Å². The van der Waals surface area contributed by atoms with Crippen LogP contribution in [0.15, 0.2) is 47.5 Å². The van der Waals surface area contributed by atoms with Crippen molar-refractivity contribution in [2.45, 2.75) is 4.90 Å². The minimum absolute atomic E-state index is 0.967. The summed E-state index contributed by atoms with van der Waals surface area (Å²) in [6, 6.07) is 12.8. The highest BCUT2D eigenvalue weighted by Crippen LogP contribution is 2.40. The van der Waals surface area contributed by atoms with Gasteiger partial charge in [-0.25, -0.2) is 0 Å². The van der Waals surface area contributed by atoms with Gasteiger partial charge in [0.15, 0.2) is 0 Å². The molecule has 2 nitrogen and oxygen atoms in total. The van der Waals surface area contributed by atoms with Crippen molar-refractivity contribution < 1.29 is 0 Å². The summed E-state index contributed by atoms with van der Waals surface area (Å²) in [7, 11) is 0. The van der Waals surface area contributed by atoms with E-state index in [0.717, 1.165) is 11.4 Å². The van der Waals surface area contributed by atoms with E-state index in [9.17, 15) is 0 Å². The number of hydrogen-bond acceptors (Lipinski definition) is 3. The summed E-state index contributed by atoms with van der Waals surface area (Å²) in [4.78, 5) is 5.84. The molecule has 0 fully saturated rings. The lowest BCUT2D eigenvalue weighted by atomic mass is 10.0. The number of pyridine rings is 1. The normalized spacial score (nSPS) is 13.9. The van der Waals surface area contributed by atoms with Crippen molar-refractivity contribution in [3.8, 4) is 0 Å². The summed E-state index contributed by atoms with van der Waals surface area (Å²) in [5, 5.41) is 7.15. The van der Waals surface area contributed by atoms with Gasteiger partial charge in [-0.15, -0.1) is 11.8 Å². The quantitative estimate of drug-likeness (QED) is 0.602. The highest BCUT2D eigenvalue weighted by atomic mass is 32.2. The first kappa shape index (κ1) is 9.31. The van der Waals surface area contributed by atoms with Crippen molar-refractivity contribution in [2.75, 3.05) is 11.2 Å². The highest BCUT2D eigenvalue weighted by Gasteiger charge is 2.14. The third kappa shape index (κ3) is 1.26. The second kappa shape index (κ2) is 3.37. The van der Waals surface area contributed by atoms with E-state index in [4.69, 9.17) is 0 Å². The zero-order chi connectivity index (χ0) is 11.2. The van der Waals surface area contributed by atoms with E-state index in [0.29, 0.717) is 0 Å². The van der Waals surface area contributed by atoms with Gasteiger partial charge in [-0.3, -0.25) is 4.98 Å². The van der Waals surface area contributed by atoms with Gasteiger partial charge in [-0.1, -0.05) is 24.3 Å². The van der Waals surface area contributed by atoms with Gasteiger partial charge in [0.1, 0.15) is 0 Å². The summed E-state index contributed by atoms with van der Waals surface area (Å²) >= 11 is 1.86. The summed E-state index contributed by atoms with van der Waals surface area (Å²) in [6.07, 6.45) is 1.86. The molecule has 0 aliphatic carbocycles. The topological polar surface area (TPSA) is 24.9 Å². The predicted octanol–water partition coefficient (Wildman–Crippen LogP) is 3.86. The molecule has 3 heteroatoms. The monoisotopic (exact) mass is 238 g/mol. The van der Waals surface area contributed by atoms with Crippen molar-refractivity contribution >= 4 is 39.1 Å². The maximum atomic E-state index is 4.50. The van der Waals surface area contributed by atoms with Gasteiger partial charge < -0.3 is 5.32 Å². The van der Waals surface area contributed by atoms with Crippen molar-refractivity contribution in [2.24, 2.45) is 0 Å². The van der Waals surface area contributed by atoms with E-state index in [1.807, 2.05) is 24.0 Å². The molecule has 4 rings (SSSR count). The predicted molar refractivity (Wildman–Crippen MR) is 73.6 cm³/mol. The average Bonchev–Trinajstić information content (AvgIpc) is 2.86. The van der Waals surface area contributed by atoms with Crippen LogP contribution in [-0.4, -0.2) is 10.9 Å². The fourth-order valence-electron chi connectivity index (χ4n) is 2.42. The highest BCUT2D eigenvalue weighted by molar-refractivity contribution is 7.99. The number of rotatable bonds is 0. The van der Waals surface area contributed by atoms with Crippen LogP contribution in [0.3, 0.4) is 0 Å². The summed E-state index contributed by atoms with van der Waals surface area (Å²) in [6.45, 7) is 0. The lowest BCUT2D eigenvalue weighted by Gasteiger charge is -2.07. The number of thioether (sulfide) groups is 1. The van der Waals surface area contributed by atoms with Crippen LogP contribution in [0, 0.1) is 0 Å². The molecule has 2 aromatic carbocycles. The Morgan fingerprint density at radius 1 is 1.06 bits per heavy atom. The molecule has 0 atom stereocenters. The van der Waals surface area contributed by atoms with Crippen LogP contribution in [0.2, 0.25) is 0 Å². The van der Waals surface area contributed by atoms with Crippen LogP contribution < -0.4 is 5.32 Å². The average molecular weight is 238 g/mol. The van der Waals surface area contributed by atoms with Gasteiger partial charge in [-0.05, 0) is 12.1 Å². The smallest absolute Gasteiger partial charge is 0.0781 e. The second-order valence-electron chi connectivity index (χ2n) is 4.14. The van der Waals surface area contributed by atoms with E-state index in [-0.39, 0.29) is 0 Å². The van der Waals surface area contributed by atoms with Gasteiger partial charge in [0.2, 0.25) is 0 Å². The van der Waals surface area contributed by atoms with Crippen LogP contribution in [0.5, 0.6) is 0 Å². The lowest BCUT2D eigenvalue weighted by Crippen LogP contribution is -1.90. The van der Waals surface area contributed by atoms with Crippen LogP contribution in [0.4, 0.5) is 5.69 Å². The Morgan fingerprint density at radius 3 is 3.00 bits per heavy atom. The largest absolute Gasteiger partial charge is 0.374 e. The van der Waals surface area contributed by atoms with E-state index < -0.39 is 0 Å². The molecule has 0 saturated heterocycles. The van der Waals surface area contributed by atoms with Crippen LogP contribution >= 0.6 is 11.8 Å². The van der Waals surface area contributed by atoms with Gasteiger partial charge in [0, 0.05) is 27.3 Å². The van der Waals surface area contributed by atoms with Crippen molar-refractivity contribution in [3.05, 3.63) is 42.6 Å². The van der Waals surface area contributed by atoms with E-state index in [1.54, 1.807) is 0 Å². The Labute approximate surface area is 103 Å². The Balaban J connectivity index is 2.22. The van der Waals surface area contributed by atoms with Crippen molar-refractivity contribution in [1.29, 1.82) is 0 Å². The molecule has 0 saturated carbocycles. The van der Waals surface area contributed by atoms with Gasteiger partial charge >= 0.3 is 0 Å². The maximum absolute atomic E-state index is 4.50. The number of fused-ring (bicyclic) bond motifs is 5. The maximum Gasteiger partial charge on any atom is 0.0781 e. The molecular weight excluding hydrogens is 228 g/mol. The van der Waals surface area contributed by atoms with Crippen LogP contribution in [0.1, 0.15) is 0 Å². The van der Waals surface area contributed by atoms with E-state index >= 15 is 0 Å². The van der Waals surface area contributed by atoms with Gasteiger partial charge in [-0.2, -0.15) is 0 Å². The number of anilines is 1. The van der Waals surface area contributed by atoms with Gasteiger partial charge in [0.05, 0.1) is 17.1 Å². The first-order chi connectivity index (χ1) is 8.43. The molecule has 0 amide bonds. The van der Waals surface area contributed by atoms with Crippen LogP contribution in [-0.2, 0) is 0 Å². The minimum atomic E-state index is 0.967. The van der Waals surface area contributed by atoms with E-state index in [2.05, 4.69) is 40.6 Å². The first-order valence-electron chi connectivity index (χ1n) is 5.60. The second-order valence-corrected chi connectivity index (χ2v) is 5.16. The number of benzene rings is 2. The fraction of sp³-hybridized carbons (Fsp3) is 0.0714. The third-order valence-corrected chi connectivity index (χ3v) is 4.15. The summed E-state index contributed by atoms with van der Waals surface area (Å²) in [5.74, 6) is 0.967. The zero-order valence-corrected chi connectivity index (χ0v) is 9.92. The van der Waals surface area contributed by atoms with Crippen molar-refractivity contribution in [3.63, 3.8) is 0 Å². The summed E-state index contributed by atoms with van der Waals surface area (Å²) < 4.78 is 0. The SMILES string of the molecule is c1cnc2c(c1)ccc1c3c(ccc12)SCN3. The molecule has 0 bridgehead atoms. The van der Waals surface area contributed by atoms with Gasteiger partial charge in [0.25, 0.3) is 0 Å². The number of aromatic nitrogens is 1. The molecular formula is C14H10N2S. The molecule has 0 unspecified atom stereocenters. The number of hydrogen-bond donors (Lipinski definition) is 1. The molecule has 0 spiro atoms. The Hall–Kier alpha value is -1.74. The molecule has 0 radical (unpaired) electrons. The molecule has 82 valence electrons. The Bertz CT molecular complexity index is 737. The molecule has 2 heterocycles. The van der Waals surface area contributed by atoms with Crippen molar-refractivity contribution in [1.82, 2.24) is 4.98 Å². The minimum Gasteiger partial charge on any atom is -0.374 e. The lowest BCUT2D eigenvalue weighted by molar-refractivity contribution is 1.42. The molecule has 3 aromatic rings. The zero-order valence-electron chi connectivity index (χ0n) is 9.10. The molecule has 1 aromatic heterocycles. The van der Waals surface area contributed by atoms with Crippen LogP contribution in [0.25, 0.3) is 21.7 Å². The molecule has 1 aliphatic rings. The standard InChI is InChI=1S/C14H10N2S/c1-2-9-3-4-11-10(13(9)15-7-1)5-6-12-14(11)16-8-17-12/h1-7,16H,8H2. The Morgan fingerprint density at radius 2 is 2.00 bits per heavy atom. The number of nitrogens with one attached hydrogen (secondary N) is 1. The first-order valence-corrected chi connectivity index (χ1v) is 6.59. The Kier molecular flexibility index (Phi) is 1.85. The molecule has 17 heavy (non-hydrogen) atoms. The third-order valence-electron chi connectivity index (χ3n) is 3.21. The fourth-order valence-corrected chi connectivity index (χ4v) is 3.28.